The highest BCUT2D eigenvalue weighted by Gasteiger charge is 2.36. The van der Waals surface area contributed by atoms with Crippen LogP contribution in [0.25, 0.3) is 0 Å². The Kier molecular flexibility index (Phi) is 4.63. The topological polar surface area (TPSA) is 64.1 Å². The highest BCUT2D eigenvalue weighted by Crippen LogP contribution is 2.41. The number of rotatable bonds is 8. The predicted molar refractivity (Wildman–Crippen MR) is 76.8 cm³/mol. The standard InChI is InChI=1S/C15H27N3O/c1-3-12(2)18-7-6-14(17-18)9-15(10-16,11-19)8-13-4-5-13/h6-7,12-13,19H,3-5,8-11,16H2,1-2H3. The van der Waals surface area contributed by atoms with Crippen molar-refractivity contribution in [1.29, 1.82) is 0 Å². The fourth-order valence-electron chi connectivity index (χ4n) is 2.64. The van der Waals surface area contributed by atoms with Gasteiger partial charge in [-0.25, -0.2) is 0 Å². The monoisotopic (exact) mass is 265 g/mol. The van der Waals surface area contributed by atoms with Gasteiger partial charge in [0.1, 0.15) is 0 Å². The first-order chi connectivity index (χ1) is 9.12. The molecule has 3 N–H and O–H groups in total. The maximum absolute atomic E-state index is 9.76. The van der Waals surface area contributed by atoms with E-state index in [9.17, 15) is 5.11 Å². The average molecular weight is 265 g/mol. The van der Waals surface area contributed by atoms with Crippen LogP contribution in [0.15, 0.2) is 12.3 Å². The van der Waals surface area contributed by atoms with Gasteiger partial charge in [0.2, 0.25) is 0 Å². The Bertz CT molecular complexity index is 394. The number of nitrogens with zero attached hydrogens (tertiary/aromatic N) is 2. The summed E-state index contributed by atoms with van der Waals surface area (Å²) in [6, 6.07) is 2.50. The van der Waals surface area contributed by atoms with Crippen molar-refractivity contribution in [3.63, 3.8) is 0 Å². The van der Waals surface area contributed by atoms with Gasteiger partial charge < -0.3 is 10.8 Å². The number of nitrogens with two attached hydrogens (primary N) is 1. The number of hydrogen-bond acceptors (Lipinski definition) is 3. The van der Waals surface area contributed by atoms with Crippen LogP contribution in [-0.2, 0) is 6.42 Å². The Morgan fingerprint density at radius 3 is 2.84 bits per heavy atom. The normalized spacial score (nSPS) is 20.2. The molecule has 0 spiro atoms. The largest absolute Gasteiger partial charge is 0.396 e. The SMILES string of the molecule is CCC(C)n1ccc(CC(CN)(CO)CC2CC2)n1. The molecule has 1 aromatic heterocycles. The third-order valence-corrected chi connectivity index (χ3v) is 4.45. The summed E-state index contributed by atoms with van der Waals surface area (Å²) in [6.07, 6.45) is 7.53. The van der Waals surface area contributed by atoms with Crippen LogP contribution in [0.1, 0.15) is 51.3 Å². The van der Waals surface area contributed by atoms with E-state index in [4.69, 9.17) is 5.73 Å². The summed E-state index contributed by atoms with van der Waals surface area (Å²) in [5.74, 6) is 0.771. The molecule has 2 atom stereocenters. The Morgan fingerprint density at radius 1 is 1.58 bits per heavy atom. The van der Waals surface area contributed by atoms with Crippen molar-refractivity contribution in [3.8, 4) is 0 Å². The highest BCUT2D eigenvalue weighted by atomic mass is 16.3. The zero-order valence-electron chi connectivity index (χ0n) is 12.2. The van der Waals surface area contributed by atoms with Gasteiger partial charge in [0.25, 0.3) is 0 Å². The quantitative estimate of drug-likeness (QED) is 0.757. The van der Waals surface area contributed by atoms with E-state index in [-0.39, 0.29) is 12.0 Å². The molecule has 4 nitrogen and oxygen atoms in total. The lowest BCUT2D eigenvalue weighted by atomic mass is 9.79. The predicted octanol–water partition coefficient (Wildman–Crippen LogP) is 2.13. The molecule has 0 aliphatic heterocycles. The number of hydrogen-bond donors (Lipinski definition) is 2. The summed E-state index contributed by atoms with van der Waals surface area (Å²) >= 11 is 0. The number of aliphatic hydroxyl groups is 1. The molecule has 1 saturated carbocycles. The molecule has 0 radical (unpaired) electrons. The second-order valence-electron chi connectivity index (χ2n) is 6.23. The lowest BCUT2D eigenvalue weighted by molar-refractivity contribution is 0.114. The van der Waals surface area contributed by atoms with E-state index in [1.54, 1.807) is 0 Å². The first-order valence-electron chi connectivity index (χ1n) is 7.47. The van der Waals surface area contributed by atoms with Gasteiger partial charge >= 0.3 is 0 Å². The van der Waals surface area contributed by atoms with E-state index in [0.29, 0.717) is 12.6 Å². The van der Waals surface area contributed by atoms with Crippen molar-refractivity contribution in [2.45, 2.75) is 52.0 Å². The molecular weight excluding hydrogens is 238 g/mol. The molecule has 1 aliphatic rings. The maximum Gasteiger partial charge on any atom is 0.0631 e. The van der Waals surface area contributed by atoms with Gasteiger partial charge in [-0.05, 0) is 31.7 Å². The van der Waals surface area contributed by atoms with Crippen molar-refractivity contribution >= 4 is 0 Å². The lowest BCUT2D eigenvalue weighted by Gasteiger charge is -2.29. The van der Waals surface area contributed by atoms with Gasteiger partial charge in [0.15, 0.2) is 0 Å². The molecule has 1 fully saturated rings. The Balaban J connectivity index is 2.05. The number of aliphatic hydroxyl groups excluding tert-OH is 1. The Hall–Kier alpha value is -0.870. The summed E-state index contributed by atoms with van der Waals surface area (Å²) in [5, 5.41) is 14.4. The second kappa shape index (κ2) is 6.06. The van der Waals surface area contributed by atoms with Crippen LogP contribution in [0.5, 0.6) is 0 Å². The van der Waals surface area contributed by atoms with E-state index >= 15 is 0 Å². The third-order valence-electron chi connectivity index (χ3n) is 4.45. The van der Waals surface area contributed by atoms with Crippen molar-refractivity contribution in [3.05, 3.63) is 18.0 Å². The highest BCUT2D eigenvalue weighted by molar-refractivity contribution is 5.05. The lowest BCUT2D eigenvalue weighted by Crippen LogP contribution is -2.37. The van der Waals surface area contributed by atoms with Crippen LogP contribution in [0.3, 0.4) is 0 Å². The molecule has 0 amide bonds. The van der Waals surface area contributed by atoms with Gasteiger partial charge in [0, 0.05) is 30.6 Å². The molecule has 1 heterocycles. The fraction of sp³-hybridized carbons (Fsp3) is 0.800. The number of aromatic nitrogens is 2. The fourth-order valence-corrected chi connectivity index (χ4v) is 2.64. The van der Waals surface area contributed by atoms with E-state index in [1.807, 2.05) is 10.9 Å². The molecule has 19 heavy (non-hydrogen) atoms. The molecule has 4 heteroatoms. The van der Waals surface area contributed by atoms with Crippen LogP contribution >= 0.6 is 0 Å². The first kappa shape index (κ1) is 14.5. The van der Waals surface area contributed by atoms with Crippen molar-refractivity contribution in [2.24, 2.45) is 17.1 Å². The van der Waals surface area contributed by atoms with Gasteiger partial charge in [0.05, 0.1) is 12.3 Å². The minimum Gasteiger partial charge on any atom is -0.396 e. The second-order valence-corrected chi connectivity index (χ2v) is 6.23. The van der Waals surface area contributed by atoms with Crippen LogP contribution < -0.4 is 5.73 Å². The minimum absolute atomic E-state index is 0.163. The first-order valence-corrected chi connectivity index (χ1v) is 7.47. The van der Waals surface area contributed by atoms with Crippen LogP contribution in [-0.4, -0.2) is 28.0 Å². The summed E-state index contributed by atoms with van der Waals surface area (Å²) < 4.78 is 2.02. The molecule has 0 aromatic carbocycles. The summed E-state index contributed by atoms with van der Waals surface area (Å²) in [5.41, 5.74) is 6.83. The zero-order valence-corrected chi connectivity index (χ0v) is 12.2. The molecular formula is C15H27N3O. The summed E-state index contributed by atoms with van der Waals surface area (Å²) in [4.78, 5) is 0. The van der Waals surface area contributed by atoms with Gasteiger partial charge in [-0.1, -0.05) is 19.8 Å². The van der Waals surface area contributed by atoms with Crippen LogP contribution in [0.2, 0.25) is 0 Å². The Morgan fingerprint density at radius 2 is 2.32 bits per heavy atom. The average Bonchev–Trinajstić information content (AvgIpc) is 3.13. The molecule has 2 unspecified atom stereocenters. The van der Waals surface area contributed by atoms with E-state index in [0.717, 1.165) is 30.9 Å². The maximum atomic E-state index is 9.76. The van der Waals surface area contributed by atoms with Crippen molar-refractivity contribution in [1.82, 2.24) is 9.78 Å². The zero-order chi connectivity index (χ0) is 13.9. The van der Waals surface area contributed by atoms with Crippen LogP contribution in [0.4, 0.5) is 0 Å². The van der Waals surface area contributed by atoms with E-state index < -0.39 is 0 Å². The van der Waals surface area contributed by atoms with Gasteiger partial charge in [-0.15, -0.1) is 0 Å². The minimum atomic E-state index is -0.171. The smallest absolute Gasteiger partial charge is 0.0631 e. The molecule has 0 bridgehead atoms. The van der Waals surface area contributed by atoms with Crippen LogP contribution in [0, 0.1) is 11.3 Å². The summed E-state index contributed by atoms with van der Waals surface area (Å²) in [7, 11) is 0. The Labute approximate surface area is 116 Å². The molecule has 1 aromatic rings. The molecule has 2 rings (SSSR count). The van der Waals surface area contributed by atoms with Crippen molar-refractivity contribution < 1.29 is 5.11 Å². The molecule has 0 saturated heterocycles. The molecule has 1 aliphatic carbocycles. The van der Waals surface area contributed by atoms with E-state index in [1.165, 1.54) is 12.8 Å². The van der Waals surface area contributed by atoms with E-state index in [2.05, 4.69) is 25.0 Å². The van der Waals surface area contributed by atoms with Gasteiger partial charge in [-0.2, -0.15) is 5.10 Å². The molecule has 108 valence electrons. The van der Waals surface area contributed by atoms with Crippen molar-refractivity contribution in [2.75, 3.05) is 13.2 Å². The van der Waals surface area contributed by atoms with Gasteiger partial charge in [-0.3, -0.25) is 4.68 Å². The summed E-state index contributed by atoms with van der Waals surface area (Å²) in [6.45, 7) is 5.03. The third kappa shape index (κ3) is 3.57.